The molecular formula is C20H23FN6OS. The second-order valence-electron chi connectivity index (χ2n) is 7.00. The van der Waals surface area contributed by atoms with Crippen molar-refractivity contribution in [1.82, 2.24) is 29.6 Å². The predicted molar refractivity (Wildman–Crippen MR) is 110 cm³/mol. The van der Waals surface area contributed by atoms with E-state index in [9.17, 15) is 4.39 Å². The van der Waals surface area contributed by atoms with E-state index in [1.54, 1.807) is 28.6 Å². The van der Waals surface area contributed by atoms with E-state index >= 15 is 0 Å². The minimum Gasteiger partial charge on any atom is -0.496 e. The van der Waals surface area contributed by atoms with E-state index in [0.29, 0.717) is 18.0 Å². The highest BCUT2D eigenvalue weighted by molar-refractivity contribution is 7.71. The molecule has 4 rings (SSSR count). The number of ether oxygens (including phenoxy) is 1. The molecule has 0 bridgehead atoms. The topological polar surface area (TPSA) is 51.4 Å². The van der Waals surface area contributed by atoms with Crippen molar-refractivity contribution in [3.05, 3.63) is 64.7 Å². The lowest BCUT2D eigenvalue weighted by atomic mass is 10.1. The van der Waals surface area contributed by atoms with Gasteiger partial charge in [0.2, 0.25) is 4.77 Å². The molecule has 0 saturated carbocycles. The molecule has 1 saturated heterocycles. The lowest BCUT2D eigenvalue weighted by Gasteiger charge is -2.34. The highest BCUT2D eigenvalue weighted by atomic mass is 32.1. The third-order valence-corrected chi connectivity index (χ3v) is 5.46. The fourth-order valence-corrected chi connectivity index (χ4v) is 3.72. The quantitative estimate of drug-likeness (QED) is 0.578. The molecule has 0 N–H and O–H groups in total. The number of rotatable bonds is 6. The van der Waals surface area contributed by atoms with Crippen LogP contribution in [0.4, 0.5) is 4.39 Å². The van der Waals surface area contributed by atoms with Crippen LogP contribution < -0.4 is 4.74 Å². The van der Waals surface area contributed by atoms with Crippen LogP contribution in [0.3, 0.4) is 0 Å². The minimum absolute atomic E-state index is 0.240. The van der Waals surface area contributed by atoms with Crippen LogP contribution in [0.5, 0.6) is 5.75 Å². The monoisotopic (exact) mass is 414 g/mol. The van der Waals surface area contributed by atoms with Crippen LogP contribution in [-0.4, -0.2) is 62.9 Å². The Hall–Kier alpha value is -2.62. The van der Waals surface area contributed by atoms with Gasteiger partial charge in [0, 0.05) is 38.3 Å². The molecule has 1 fully saturated rings. The molecule has 0 amide bonds. The van der Waals surface area contributed by atoms with Crippen molar-refractivity contribution >= 4 is 12.2 Å². The number of tetrazole rings is 1. The van der Waals surface area contributed by atoms with Crippen molar-refractivity contribution in [2.24, 2.45) is 0 Å². The van der Waals surface area contributed by atoms with Gasteiger partial charge in [-0.15, -0.1) is 0 Å². The summed E-state index contributed by atoms with van der Waals surface area (Å²) in [6.07, 6.45) is 0. The Bertz CT molecular complexity index is 1010. The second kappa shape index (κ2) is 8.81. The minimum atomic E-state index is -0.240. The van der Waals surface area contributed by atoms with Crippen LogP contribution in [0, 0.1) is 10.6 Å². The highest BCUT2D eigenvalue weighted by Gasteiger charge is 2.19. The van der Waals surface area contributed by atoms with E-state index in [1.807, 2.05) is 30.3 Å². The van der Waals surface area contributed by atoms with Crippen molar-refractivity contribution in [2.75, 3.05) is 33.3 Å². The van der Waals surface area contributed by atoms with Gasteiger partial charge in [0.15, 0.2) is 0 Å². The summed E-state index contributed by atoms with van der Waals surface area (Å²) in [5, 5.41) is 8.41. The van der Waals surface area contributed by atoms with Crippen LogP contribution in [-0.2, 0) is 13.2 Å². The smallest absolute Gasteiger partial charge is 0.221 e. The molecule has 29 heavy (non-hydrogen) atoms. The molecule has 1 aliphatic heterocycles. The number of methoxy groups -OCH3 is 1. The third-order valence-electron chi connectivity index (χ3n) is 5.08. The van der Waals surface area contributed by atoms with Gasteiger partial charge in [-0.1, -0.05) is 18.2 Å². The molecule has 3 aromatic rings. The van der Waals surface area contributed by atoms with Crippen molar-refractivity contribution in [2.45, 2.75) is 13.2 Å². The maximum atomic E-state index is 13.6. The summed E-state index contributed by atoms with van der Waals surface area (Å²) in [5.74, 6) is 0.480. The van der Waals surface area contributed by atoms with E-state index in [0.717, 1.165) is 43.2 Å². The van der Waals surface area contributed by atoms with E-state index in [-0.39, 0.29) is 5.82 Å². The molecular weight excluding hydrogens is 391 g/mol. The summed E-state index contributed by atoms with van der Waals surface area (Å²) in [6.45, 7) is 4.76. The Morgan fingerprint density at radius 1 is 1.00 bits per heavy atom. The van der Waals surface area contributed by atoms with Gasteiger partial charge in [0.05, 0.1) is 19.5 Å². The molecule has 2 heterocycles. The number of piperazine rings is 1. The summed E-state index contributed by atoms with van der Waals surface area (Å²) in [4.78, 5) is 4.59. The van der Waals surface area contributed by atoms with Gasteiger partial charge in [-0.25, -0.2) is 9.07 Å². The summed E-state index contributed by atoms with van der Waals surface area (Å²) in [5.41, 5.74) is 1.77. The molecule has 0 aliphatic carbocycles. The molecule has 2 aromatic carbocycles. The Morgan fingerprint density at radius 2 is 1.72 bits per heavy atom. The number of hydrogen-bond acceptors (Lipinski definition) is 6. The van der Waals surface area contributed by atoms with Crippen molar-refractivity contribution in [1.29, 1.82) is 0 Å². The van der Waals surface area contributed by atoms with Crippen molar-refractivity contribution in [3.63, 3.8) is 0 Å². The molecule has 152 valence electrons. The van der Waals surface area contributed by atoms with E-state index in [1.165, 1.54) is 6.07 Å². The lowest BCUT2D eigenvalue weighted by molar-refractivity contribution is 0.0969. The molecule has 0 atom stereocenters. The summed E-state index contributed by atoms with van der Waals surface area (Å²) in [7, 11) is 1.61. The zero-order valence-corrected chi connectivity index (χ0v) is 17.1. The number of hydrogen-bond donors (Lipinski definition) is 0. The summed E-state index contributed by atoms with van der Waals surface area (Å²) in [6, 6.07) is 14.4. The normalized spacial score (nSPS) is 15.5. The zero-order chi connectivity index (χ0) is 20.2. The first kappa shape index (κ1) is 19.7. The van der Waals surface area contributed by atoms with Crippen molar-refractivity contribution in [3.8, 4) is 11.4 Å². The fraction of sp³-hybridized carbons (Fsp3) is 0.350. The molecule has 1 aromatic heterocycles. The molecule has 0 unspecified atom stereocenters. The van der Waals surface area contributed by atoms with E-state index < -0.39 is 0 Å². The van der Waals surface area contributed by atoms with Gasteiger partial charge in [-0.05, 0) is 53.0 Å². The van der Waals surface area contributed by atoms with Gasteiger partial charge in [-0.3, -0.25) is 9.80 Å². The SMILES string of the molecule is COc1ccc(F)cc1CN1CCN(Cn2nnn(-c3ccccc3)c2=S)CC1. The molecule has 0 radical (unpaired) electrons. The standard InChI is InChI=1S/C20H23FN6OS/c1-28-19-8-7-17(21)13-16(19)14-24-9-11-25(12-10-24)15-26-20(29)27(23-22-26)18-5-3-2-4-6-18/h2-8,13H,9-12,14-15H2,1H3. The Kier molecular flexibility index (Phi) is 5.98. The van der Waals surface area contributed by atoms with E-state index in [2.05, 4.69) is 20.2 Å². The van der Waals surface area contributed by atoms with Crippen LogP contribution in [0.15, 0.2) is 48.5 Å². The maximum Gasteiger partial charge on any atom is 0.221 e. The average Bonchev–Trinajstić information content (AvgIpc) is 3.10. The Balaban J connectivity index is 1.36. The Labute approximate surface area is 173 Å². The first-order valence-electron chi connectivity index (χ1n) is 9.49. The lowest BCUT2D eigenvalue weighted by Crippen LogP contribution is -2.46. The average molecular weight is 415 g/mol. The first-order chi connectivity index (χ1) is 14.1. The highest BCUT2D eigenvalue weighted by Crippen LogP contribution is 2.21. The Morgan fingerprint density at radius 3 is 2.45 bits per heavy atom. The second-order valence-corrected chi connectivity index (χ2v) is 7.37. The van der Waals surface area contributed by atoms with Gasteiger partial charge < -0.3 is 4.74 Å². The van der Waals surface area contributed by atoms with Crippen LogP contribution in [0.1, 0.15) is 5.56 Å². The van der Waals surface area contributed by atoms with Crippen molar-refractivity contribution < 1.29 is 9.13 Å². The zero-order valence-electron chi connectivity index (χ0n) is 16.2. The summed E-state index contributed by atoms with van der Waals surface area (Å²) < 4.78 is 22.9. The number of benzene rings is 2. The first-order valence-corrected chi connectivity index (χ1v) is 9.90. The van der Waals surface area contributed by atoms with Crippen LogP contribution >= 0.6 is 12.2 Å². The molecule has 7 nitrogen and oxygen atoms in total. The molecule has 9 heteroatoms. The maximum absolute atomic E-state index is 13.6. The van der Waals surface area contributed by atoms with Gasteiger partial charge >= 0.3 is 0 Å². The van der Waals surface area contributed by atoms with Crippen LogP contribution in [0.2, 0.25) is 0 Å². The van der Waals surface area contributed by atoms with Gasteiger partial charge in [0.25, 0.3) is 0 Å². The van der Waals surface area contributed by atoms with Gasteiger partial charge in [-0.2, -0.15) is 4.68 Å². The van der Waals surface area contributed by atoms with Gasteiger partial charge in [0.1, 0.15) is 11.6 Å². The predicted octanol–water partition coefficient (Wildman–Crippen LogP) is 2.72. The summed E-state index contributed by atoms with van der Waals surface area (Å²) >= 11 is 5.54. The molecule has 0 spiro atoms. The van der Waals surface area contributed by atoms with E-state index in [4.69, 9.17) is 17.0 Å². The number of halogens is 1. The molecule has 1 aliphatic rings. The third kappa shape index (κ3) is 4.52. The fourth-order valence-electron chi connectivity index (χ4n) is 3.48. The number of para-hydroxylation sites is 1. The largest absolute Gasteiger partial charge is 0.496 e. The number of aromatic nitrogens is 4. The number of nitrogens with zero attached hydrogens (tertiary/aromatic N) is 6. The van der Waals surface area contributed by atoms with Crippen LogP contribution in [0.25, 0.3) is 5.69 Å².